The maximum Gasteiger partial charge on any atom is -0.00187 e. The molecule has 0 saturated heterocycles. The van der Waals surface area contributed by atoms with E-state index in [9.17, 15) is 0 Å². The lowest BCUT2D eigenvalue weighted by atomic mass is 10.0. The Morgan fingerprint density at radius 3 is 0.608 bits per heavy atom. The van der Waals surface area contributed by atoms with E-state index in [-0.39, 0.29) is 0 Å². The fraction of sp³-hybridized carbons (Fsp3) is 1.00. The first-order valence-electron chi connectivity index (χ1n) is 24.9. The van der Waals surface area contributed by atoms with Gasteiger partial charge < -0.3 is 4.90 Å². The van der Waals surface area contributed by atoms with E-state index in [0.29, 0.717) is 0 Å². The van der Waals surface area contributed by atoms with Crippen molar-refractivity contribution in [2.45, 2.75) is 297 Å². The second kappa shape index (κ2) is 46.1. The minimum absolute atomic E-state index is 0.889. The van der Waals surface area contributed by atoms with Crippen LogP contribution in [-0.4, -0.2) is 24.5 Å². The van der Waals surface area contributed by atoms with Crippen molar-refractivity contribution >= 4 is 0 Å². The quantitative estimate of drug-likeness (QED) is 0.0567. The molecular weight excluding hydrogens is 615 g/mol. The molecule has 0 spiro atoms. The molecule has 0 saturated carbocycles. The van der Waals surface area contributed by atoms with Gasteiger partial charge in [0.2, 0.25) is 0 Å². The second-order valence-corrected chi connectivity index (χ2v) is 17.8. The van der Waals surface area contributed by atoms with Crippen molar-refractivity contribution in [3.05, 3.63) is 0 Å². The van der Waals surface area contributed by atoms with Crippen molar-refractivity contribution < 1.29 is 0 Å². The van der Waals surface area contributed by atoms with Gasteiger partial charge in [-0.1, -0.05) is 278 Å². The largest absolute Gasteiger partial charge is 0.303 e. The molecule has 308 valence electrons. The molecule has 1 heteroatoms. The summed E-state index contributed by atoms with van der Waals surface area (Å²) in [5.41, 5.74) is 0. The first-order valence-corrected chi connectivity index (χ1v) is 24.9. The zero-order chi connectivity index (χ0) is 37.0. The second-order valence-electron chi connectivity index (χ2n) is 17.8. The van der Waals surface area contributed by atoms with E-state index in [2.05, 4.69) is 32.6 Å². The van der Waals surface area contributed by atoms with Crippen molar-refractivity contribution in [2.75, 3.05) is 19.6 Å². The highest BCUT2D eigenvalue weighted by atomic mass is 15.1. The number of hydrogen-bond acceptors (Lipinski definition) is 1. The average molecular weight is 718 g/mol. The van der Waals surface area contributed by atoms with Gasteiger partial charge in [-0.05, 0) is 44.8 Å². The first kappa shape index (κ1) is 51.0. The molecule has 0 aliphatic heterocycles. The van der Waals surface area contributed by atoms with Gasteiger partial charge in [0.05, 0.1) is 0 Å². The molecule has 0 heterocycles. The normalized spacial score (nSPS) is 11.9. The van der Waals surface area contributed by atoms with Gasteiger partial charge in [-0.25, -0.2) is 0 Å². The summed E-state index contributed by atoms with van der Waals surface area (Å²) in [5.74, 6) is 0.889. The summed E-state index contributed by atoms with van der Waals surface area (Å²) in [6.07, 6.45) is 61.6. The lowest BCUT2D eigenvalue weighted by Crippen LogP contribution is -2.27. The van der Waals surface area contributed by atoms with Crippen molar-refractivity contribution in [3.8, 4) is 0 Å². The Morgan fingerprint density at radius 1 is 0.235 bits per heavy atom. The zero-order valence-corrected chi connectivity index (χ0v) is 36.8. The minimum Gasteiger partial charge on any atom is -0.303 e. The van der Waals surface area contributed by atoms with Crippen LogP contribution in [0.1, 0.15) is 297 Å². The van der Waals surface area contributed by atoms with Crippen LogP contribution in [0.3, 0.4) is 0 Å². The van der Waals surface area contributed by atoms with E-state index in [1.807, 2.05) is 0 Å². The Kier molecular flexibility index (Phi) is 46.1. The molecule has 0 aliphatic rings. The van der Waals surface area contributed by atoms with Crippen LogP contribution in [0.25, 0.3) is 0 Å². The van der Waals surface area contributed by atoms with Crippen LogP contribution in [0.15, 0.2) is 0 Å². The summed E-state index contributed by atoms with van der Waals surface area (Å²) in [4.78, 5) is 2.88. The van der Waals surface area contributed by atoms with Crippen LogP contribution < -0.4 is 0 Å². The topological polar surface area (TPSA) is 3.24 Å². The van der Waals surface area contributed by atoms with Crippen LogP contribution in [0.4, 0.5) is 0 Å². The number of hydrogen-bond donors (Lipinski definition) is 0. The van der Waals surface area contributed by atoms with Gasteiger partial charge in [0.15, 0.2) is 0 Å². The standard InChI is InChI=1S/C50H103N/c1-5-7-9-11-13-15-17-19-21-23-27-31-35-39-43-47-51(49-45-41-37-33-29-25-26-30-34-38-42-46-50(3)4)48-44-40-36-32-28-24-22-20-18-16-14-12-10-8-6-2/h50H,5-49H2,1-4H3. The maximum absolute atomic E-state index is 2.88. The van der Waals surface area contributed by atoms with Crippen molar-refractivity contribution in [1.82, 2.24) is 4.90 Å². The van der Waals surface area contributed by atoms with Gasteiger partial charge in [0.25, 0.3) is 0 Å². The van der Waals surface area contributed by atoms with Gasteiger partial charge in [0.1, 0.15) is 0 Å². The number of nitrogens with zero attached hydrogens (tertiary/aromatic N) is 1. The lowest BCUT2D eigenvalue weighted by molar-refractivity contribution is 0.254. The molecule has 0 fully saturated rings. The highest BCUT2D eigenvalue weighted by Crippen LogP contribution is 2.17. The fourth-order valence-corrected chi connectivity index (χ4v) is 8.23. The zero-order valence-electron chi connectivity index (χ0n) is 36.8. The summed E-state index contributed by atoms with van der Waals surface area (Å²) < 4.78 is 0. The van der Waals surface area contributed by atoms with Gasteiger partial charge in [-0.3, -0.25) is 0 Å². The van der Waals surface area contributed by atoms with E-state index in [4.69, 9.17) is 0 Å². The summed E-state index contributed by atoms with van der Waals surface area (Å²) in [5, 5.41) is 0. The van der Waals surface area contributed by atoms with E-state index in [1.54, 1.807) is 0 Å². The molecule has 0 aromatic heterocycles. The number of rotatable bonds is 46. The van der Waals surface area contributed by atoms with Crippen LogP contribution in [-0.2, 0) is 0 Å². The molecule has 0 aromatic rings. The van der Waals surface area contributed by atoms with E-state index < -0.39 is 0 Å². The predicted octanol–water partition coefficient (Wildman–Crippen LogP) is 18.4. The van der Waals surface area contributed by atoms with E-state index in [1.165, 1.54) is 289 Å². The molecule has 0 rings (SSSR count). The van der Waals surface area contributed by atoms with Crippen molar-refractivity contribution in [1.29, 1.82) is 0 Å². The molecule has 0 N–H and O–H groups in total. The third kappa shape index (κ3) is 46.0. The molecule has 0 unspecified atom stereocenters. The molecule has 0 aromatic carbocycles. The minimum atomic E-state index is 0.889. The van der Waals surface area contributed by atoms with Crippen LogP contribution in [0.2, 0.25) is 0 Å². The summed E-state index contributed by atoms with van der Waals surface area (Å²) in [6, 6.07) is 0. The molecule has 0 amide bonds. The van der Waals surface area contributed by atoms with Crippen LogP contribution in [0, 0.1) is 5.92 Å². The molecule has 0 radical (unpaired) electrons. The Balaban J connectivity index is 3.94. The summed E-state index contributed by atoms with van der Waals surface area (Å²) >= 11 is 0. The van der Waals surface area contributed by atoms with Gasteiger partial charge >= 0.3 is 0 Å². The molecule has 0 aliphatic carbocycles. The van der Waals surface area contributed by atoms with Crippen LogP contribution in [0.5, 0.6) is 0 Å². The third-order valence-electron chi connectivity index (χ3n) is 11.9. The van der Waals surface area contributed by atoms with E-state index >= 15 is 0 Å². The van der Waals surface area contributed by atoms with Gasteiger partial charge in [-0.2, -0.15) is 0 Å². The summed E-state index contributed by atoms with van der Waals surface area (Å²) in [7, 11) is 0. The Labute approximate surface area is 326 Å². The molecule has 0 bridgehead atoms. The molecule has 0 atom stereocenters. The van der Waals surface area contributed by atoms with Gasteiger partial charge in [-0.15, -0.1) is 0 Å². The molecular formula is C50H103N. The molecule has 51 heavy (non-hydrogen) atoms. The SMILES string of the molecule is CCCCCCCCCCCCCCCCCN(CCCCCCCCCCCCCCCCC)CCCCCCCCCCCCCC(C)C. The fourth-order valence-electron chi connectivity index (χ4n) is 8.23. The summed E-state index contributed by atoms with van der Waals surface area (Å²) in [6.45, 7) is 13.5. The van der Waals surface area contributed by atoms with Crippen LogP contribution >= 0.6 is 0 Å². The smallest absolute Gasteiger partial charge is 0.00187 e. The third-order valence-corrected chi connectivity index (χ3v) is 11.9. The highest BCUT2D eigenvalue weighted by molar-refractivity contribution is 4.61. The highest BCUT2D eigenvalue weighted by Gasteiger charge is 2.06. The van der Waals surface area contributed by atoms with Crippen molar-refractivity contribution in [2.24, 2.45) is 5.92 Å². The lowest BCUT2D eigenvalue weighted by Gasteiger charge is -2.22. The van der Waals surface area contributed by atoms with Gasteiger partial charge in [0, 0.05) is 0 Å². The Morgan fingerprint density at radius 2 is 0.412 bits per heavy atom. The Hall–Kier alpha value is -0.0400. The van der Waals surface area contributed by atoms with Crippen molar-refractivity contribution in [3.63, 3.8) is 0 Å². The predicted molar refractivity (Wildman–Crippen MR) is 237 cm³/mol. The molecule has 1 nitrogen and oxygen atoms in total. The monoisotopic (exact) mass is 718 g/mol. The Bertz CT molecular complexity index is 550. The first-order chi connectivity index (χ1) is 25.2. The maximum atomic E-state index is 2.88. The van der Waals surface area contributed by atoms with E-state index in [0.717, 1.165) is 5.92 Å². The number of unbranched alkanes of at least 4 members (excludes halogenated alkanes) is 38. The average Bonchev–Trinajstić information content (AvgIpc) is 3.12.